The van der Waals surface area contributed by atoms with Crippen molar-refractivity contribution in [3.63, 3.8) is 0 Å². The topological polar surface area (TPSA) is 84.2 Å². The van der Waals surface area contributed by atoms with Gasteiger partial charge in [0.1, 0.15) is 5.56 Å². The van der Waals surface area contributed by atoms with Crippen LogP contribution >= 0.6 is 15.9 Å². The van der Waals surface area contributed by atoms with Gasteiger partial charge >= 0.3 is 0 Å². The molecule has 2 rings (SSSR count). The number of hydrogen-bond donors (Lipinski definition) is 2. The fraction of sp³-hybridized carbons (Fsp3) is 0.312. The van der Waals surface area contributed by atoms with E-state index < -0.39 is 0 Å². The molecule has 2 N–H and O–H groups in total. The van der Waals surface area contributed by atoms with Gasteiger partial charge in [-0.15, -0.1) is 0 Å². The van der Waals surface area contributed by atoms with Gasteiger partial charge in [0.2, 0.25) is 5.91 Å². The second-order valence-corrected chi connectivity index (χ2v) is 6.23. The van der Waals surface area contributed by atoms with E-state index in [1.165, 1.54) is 0 Å². The second-order valence-electron chi connectivity index (χ2n) is 5.37. The highest BCUT2D eigenvalue weighted by Gasteiger charge is 2.22. The van der Waals surface area contributed by atoms with Crippen molar-refractivity contribution in [1.82, 2.24) is 10.5 Å². The van der Waals surface area contributed by atoms with Gasteiger partial charge in [-0.1, -0.05) is 31.1 Å². The normalized spacial score (nSPS) is 10.7. The molecule has 6 nitrogen and oxygen atoms in total. The van der Waals surface area contributed by atoms with Crippen LogP contribution in [-0.2, 0) is 4.79 Å². The number of anilines is 1. The molecule has 122 valence electrons. The van der Waals surface area contributed by atoms with Crippen LogP contribution < -0.4 is 10.6 Å². The SMILES string of the molecule is Cc1noc(C(C)C)c1C(=O)NCC(=O)Nc1ccccc1Br. The fourth-order valence-electron chi connectivity index (χ4n) is 2.06. The van der Waals surface area contributed by atoms with Gasteiger partial charge in [0.15, 0.2) is 5.76 Å². The van der Waals surface area contributed by atoms with Crippen LogP contribution in [0.5, 0.6) is 0 Å². The first-order chi connectivity index (χ1) is 10.9. The third-order valence-corrected chi connectivity index (χ3v) is 3.89. The van der Waals surface area contributed by atoms with Crippen LogP contribution in [0.4, 0.5) is 5.69 Å². The highest BCUT2D eigenvalue weighted by molar-refractivity contribution is 9.10. The number of amides is 2. The minimum atomic E-state index is -0.366. The predicted octanol–water partition coefficient (Wildman–Crippen LogP) is 3.24. The molecule has 7 heteroatoms. The molecule has 0 aliphatic heterocycles. The molecule has 1 heterocycles. The van der Waals surface area contributed by atoms with E-state index in [4.69, 9.17) is 4.52 Å². The molecule has 0 unspecified atom stereocenters. The van der Waals surface area contributed by atoms with Gasteiger partial charge in [-0.05, 0) is 35.0 Å². The number of carbonyl (C=O) groups is 2. The molecule has 0 radical (unpaired) electrons. The summed E-state index contributed by atoms with van der Waals surface area (Å²) in [5.74, 6) is -0.127. The summed E-state index contributed by atoms with van der Waals surface area (Å²) in [5, 5.41) is 9.14. The molecule has 1 aromatic carbocycles. The Balaban J connectivity index is 1.98. The Labute approximate surface area is 142 Å². The molecule has 0 bridgehead atoms. The average Bonchev–Trinajstić information content (AvgIpc) is 2.89. The summed E-state index contributed by atoms with van der Waals surface area (Å²) in [4.78, 5) is 24.2. The number of nitrogens with one attached hydrogen (secondary N) is 2. The number of aryl methyl sites for hydroxylation is 1. The highest BCUT2D eigenvalue weighted by Crippen LogP contribution is 2.22. The monoisotopic (exact) mass is 379 g/mol. The van der Waals surface area contributed by atoms with E-state index in [1.54, 1.807) is 13.0 Å². The lowest BCUT2D eigenvalue weighted by Crippen LogP contribution is -2.33. The van der Waals surface area contributed by atoms with Crippen LogP contribution in [-0.4, -0.2) is 23.5 Å². The summed E-state index contributed by atoms with van der Waals surface area (Å²) in [6, 6.07) is 7.26. The maximum Gasteiger partial charge on any atom is 0.257 e. The van der Waals surface area contributed by atoms with E-state index in [9.17, 15) is 9.59 Å². The number of hydrogen-bond acceptors (Lipinski definition) is 4. The summed E-state index contributed by atoms with van der Waals surface area (Å²) in [7, 11) is 0. The van der Waals surface area contributed by atoms with Crippen molar-refractivity contribution in [3.05, 3.63) is 45.8 Å². The summed E-state index contributed by atoms with van der Waals surface area (Å²) in [6.07, 6.45) is 0. The Morgan fingerprint density at radius 3 is 2.65 bits per heavy atom. The van der Waals surface area contributed by atoms with Gasteiger partial charge in [-0.25, -0.2) is 0 Å². The zero-order valence-corrected chi connectivity index (χ0v) is 14.7. The van der Waals surface area contributed by atoms with Crippen molar-refractivity contribution in [2.24, 2.45) is 0 Å². The number of para-hydroxylation sites is 1. The first kappa shape index (κ1) is 17.2. The van der Waals surface area contributed by atoms with Crippen molar-refractivity contribution < 1.29 is 14.1 Å². The second kappa shape index (κ2) is 7.41. The van der Waals surface area contributed by atoms with Crippen LogP contribution in [0.15, 0.2) is 33.3 Å². The van der Waals surface area contributed by atoms with E-state index in [1.807, 2.05) is 32.0 Å². The summed E-state index contributed by atoms with van der Waals surface area (Å²) >= 11 is 3.35. The number of rotatable bonds is 5. The van der Waals surface area contributed by atoms with E-state index in [2.05, 4.69) is 31.7 Å². The van der Waals surface area contributed by atoms with Gasteiger partial charge < -0.3 is 15.2 Å². The van der Waals surface area contributed by atoms with Crippen LogP contribution in [0.25, 0.3) is 0 Å². The van der Waals surface area contributed by atoms with Crippen molar-refractivity contribution in [2.75, 3.05) is 11.9 Å². The largest absolute Gasteiger partial charge is 0.360 e. The van der Waals surface area contributed by atoms with Crippen LogP contribution in [0.2, 0.25) is 0 Å². The highest BCUT2D eigenvalue weighted by atomic mass is 79.9. The van der Waals surface area contributed by atoms with Crippen LogP contribution in [0, 0.1) is 6.92 Å². The lowest BCUT2D eigenvalue weighted by molar-refractivity contribution is -0.115. The van der Waals surface area contributed by atoms with Crippen LogP contribution in [0.1, 0.15) is 41.6 Å². The number of carbonyl (C=O) groups excluding carboxylic acids is 2. The zero-order valence-electron chi connectivity index (χ0n) is 13.1. The minimum Gasteiger partial charge on any atom is -0.360 e. The molecule has 0 saturated heterocycles. The summed E-state index contributed by atoms with van der Waals surface area (Å²) < 4.78 is 5.95. The lowest BCUT2D eigenvalue weighted by atomic mass is 10.0. The number of aromatic nitrogens is 1. The van der Waals surface area contributed by atoms with E-state index in [0.717, 1.165) is 4.47 Å². The molecule has 0 aliphatic carbocycles. The predicted molar refractivity (Wildman–Crippen MR) is 90.4 cm³/mol. The standard InChI is InChI=1S/C16H18BrN3O3/c1-9(2)15-14(10(3)20-23-15)16(22)18-8-13(21)19-12-7-5-4-6-11(12)17/h4-7,9H,8H2,1-3H3,(H,18,22)(H,19,21). The smallest absolute Gasteiger partial charge is 0.257 e. The fourth-order valence-corrected chi connectivity index (χ4v) is 2.45. The Morgan fingerprint density at radius 2 is 2.00 bits per heavy atom. The number of nitrogens with zero attached hydrogens (tertiary/aromatic N) is 1. The van der Waals surface area contributed by atoms with Crippen molar-refractivity contribution >= 4 is 33.4 Å². The molecule has 0 spiro atoms. The average molecular weight is 380 g/mol. The first-order valence-electron chi connectivity index (χ1n) is 7.19. The Bertz CT molecular complexity index is 725. The molecule has 0 aliphatic rings. The van der Waals surface area contributed by atoms with E-state index in [0.29, 0.717) is 22.7 Å². The quantitative estimate of drug-likeness (QED) is 0.834. The van der Waals surface area contributed by atoms with Gasteiger partial charge in [0, 0.05) is 10.4 Å². The molecule has 0 atom stereocenters. The van der Waals surface area contributed by atoms with Crippen molar-refractivity contribution in [3.8, 4) is 0 Å². The van der Waals surface area contributed by atoms with Crippen molar-refractivity contribution in [1.29, 1.82) is 0 Å². The Morgan fingerprint density at radius 1 is 1.30 bits per heavy atom. The zero-order chi connectivity index (χ0) is 17.0. The maximum absolute atomic E-state index is 12.3. The maximum atomic E-state index is 12.3. The summed E-state index contributed by atoms with van der Waals surface area (Å²) in [5.41, 5.74) is 1.56. The van der Waals surface area contributed by atoms with Crippen LogP contribution in [0.3, 0.4) is 0 Å². The molecular weight excluding hydrogens is 362 g/mol. The van der Waals surface area contributed by atoms with Crippen molar-refractivity contribution in [2.45, 2.75) is 26.7 Å². The molecule has 2 amide bonds. The van der Waals surface area contributed by atoms with Gasteiger partial charge in [-0.2, -0.15) is 0 Å². The molecule has 2 aromatic rings. The number of benzene rings is 1. The number of halogens is 1. The summed E-state index contributed by atoms with van der Waals surface area (Å²) in [6.45, 7) is 5.39. The third-order valence-electron chi connectivity index (χ3n) is 3.20. The Kier molecular flexibility index (Phi) is 5.54. The Hall–Kier alpha value is -2.15. The lowest BCUT2D eigenvalue weighted by Gasteiger charge is -2.09. The molecule has 0 saturated carbocycles. The van der Waals surface area contributed by atoms with E-state index >= 15 is 0 Å². The molecule has 0 fully saturated rings. The van der Waals surface area contributed by atoms with E-state index in [-0.39, 0.29) is 24.3 Å². The van der Waals surface area contributed by atoms with Gasteiger partial charge in [-0.3, -0.25) is 9.59 Å². The third kappa shape index (κ3) is 4.19. The molecule has 1 aromatic heterocycles. The van der Waals surface area contributed by atoms with Gasteiger partial charge in [0.05, 0.1) is 17.9 Å². The molecular formula is C16H18BrN3O3. The minimum absolute atomic E-state index is 0.0334. The molecule has 23 heavy (non-hydrogen) atoms. The van der Waals surface area contributed by atoms with Gasteiger partial charge in [0.25, 0.3) is 5.91 Å². The first-order valence-corrected chi connectivity index (χ1v) is 7.98.